The lowest BCUT2D eigenvalue weighted by atomic mass is 10.1. The minimum Gasteiger partial charge on any atom is -0.347 e. The van der Waals surface area contributed by atoms with Gasteiger partial charge in [0.05, 0.1) is 12.4 Å². The summed E-state index contributed by atoms with van der Waals surface area (Å²) in [6.45, 7) is 0. The third kappa shape index (κ3) is 3.05. The Morgan fingerprint density at radius 2 is 2.16 bits per heavy atom. The molecule has 0 radical (unpaired) electrons. The first-order chi connectivity index (χ1) is 12.2. The molecule has 1 aromatic carbocycles. The summed E-state index contributed by atoms with van der Waals surface area (Å²) in [5, 5.41) is 7.05. The first-order valence-corrected chi connectivity index (χ1v) is 8.30. The number of imidazole rings is 1. The summed E-state index contributed by atoms with van der Waals surface area (Å²) in [6.07, 6.45) is 11.6. The molecule has 6 nitrogen and oxygen atoms in total. The maximum Gasteiger partial charge on any atom is 0.251 e. The van der Waals surface area contributed by atoms with Crippen molar-refractivity contribution in [2.24, 2.45) is 0 Å². The Hall–Kier alpha value is -2.96. The predicted octanol–water partition coefficient (Wildman–Crippen LogP) is 2.73. The molecule has 2 atom stereocenters. The molecule has 0 saturated heterocycles. The Bertz CT molecular complexity index is 860. The Kier molecular flexibility index (Phi) is 4.05. The highest BCUT2D eigenvalue weighted by molar-refractivity contribution is 5.94. The Morgan fingerprint density at radius 1 is 1.24 bits per heavy atom. The molecule has 0 aliphatic heterocycles. The summed E-state index contributed by atoms with van der Waals surface area (Å²) in [5.41, 5.74) is 0.628. The van der Waals surface area contributed by atoms with Crippen LogP contribution in [0.5, 0.6) is 0 Å². The van der Waals surface area contributed by atoms with Crippen LogP contribution in [0, 0.1) is 5.82 Å². The quantitative estimate of drug-likeness (QED) is 0.795. The van der Waals surface area contributed by atoms with Crippen LogP contribution < -0.4 is 5.32 Å². The molecule has 1 saturated carbocycles. The zero-order valence-corrected chi connectivity index (χ0v) is 13.5. The van der Waals surface area contributed by atoms with Crippen molar-refractivity contribution in [2.75, 3.05) is 0 Å². The maximum atomic E-state index is 14.3. The van der Waals surface area contributed by atoms with E-state index >= 15 is 0 Å². The smallest absolute Gasteiger partial charge is 0.251 e. The molecule has 1 fully saturated rings. The van der Waals surface area contributed by atoms with Gasteiger partial charge in [-0.1, -0.05) is 0 Å². The van der Waals surface area contributed by atoms with E-state index in [1.165, 1.54) is 10.7 Å². The van der Waals surface area contributed by atoms with E-state index in [9.17, 15) is 9.18 Å². The van der Waals surface area contributed by atoms with Crippen LogP contribution >= 0.6 is 0 Å². The minimum absolute atomic E-state index is 0.0237. The number of aromatic nitrogens is 4. The first kappa shape index (κ1) is 15.6. The van der Waals surface area contributed by atoms with Gasteiger partial charge in [-0.2, -0.15) is 5.10 Å². The molecule has 4 rings (SSSR count). The number of rotatable bonds is 4. The Labute approximate surface area is 144 Å². The van der Waals surface area contributed by atoms with E-state index in [4.69, 9.17) is 0 Å². The number of benzene rings is 1. The lowest BCUT2D eigenvalue weighted by molar-refractivity contribution is 0.0928. The third-order valence-corrected chi connectivity index (χ3v) is 4.66. The lowest BCUT2D eigenvalue weighted by Gasteiger charge is -2.22. The van der Waals surface area contributed by atoms with Gasteiger partial charge in [-0.3, -0.25) is 4.79 Å². The van der Waals surface area contributed by atoms with Crippen molar-refractivity contribution in [3.63, 3.8) is 0 Å². The lowest BCUT2D eigenvalue weighted by Crippen LogP contribution is -2.38. The van der Waals surface area contributed by atoms with Gasteiger partial charge in [0, 0.05) is 36.4 Å². The van der Waals surface area contributed by atoms with Crippen LogP contribution in [-0.2, 0) is 0 Å². The summed E-state index contributed by atoms with van der Waals surface area (Å²) in [4.78, 5) is 16.6. The number of hydrogen-bond donors (Lipinski definition) is 1. The second kappa shape index (κ2) is 6.51. The van der Waals surface area contributed by atoms with Gasteiger partial charge in [0.15, 0.2) is 0 Å². The number of nitrogens with one attached hydrogen (secondary N) is 1. The zero-order valence-electron chi connectivity index (χ0n) is 13.5. The van der Waals surface area contributed by atoms with Crippen molar-refractivity contribution in [3.05, 3.63) is 66.8 Å². The fourth-order valence-corrected chi connectivity index (χ4v) is 3.43. The zero-order chi connectivity index (χ0) is 17.2. The molecule has 0 unspecified atom stereocenters. The van der Waals surface area contributed by atoms with Crippen LogP contribution in [0.15, 0.2) is 55.4 Å². The number of halogens is 1. The molecular formula is C18H18FN5O. The van der Waals surface area contributed by atoms with Crippen LogP contribution in [-0.4, -0.2) is 31.3 Å². The van der Waals surface area contributed by atoms with E-state index in [0.29, 0.717) is 11.3 Å². The summed E-state index contributed by atoms with van der Waals surface area (Å²) < 4.78 is 17.8. The van der Waals surface area contributed by atoms with Crippen molar-refractivity contribution in [3.8, 4) is 5.69 Å². The number of carbonyl (C=O) groups excluding carboxylic acids is 1. The van der Waals surface area contributed by atoms with Crippen molar-refractivity contribution >= 4 is 5.91 Å². The fraction of sp³-hybridized carbons (Fsp3) is 0.278. The second-order valence-corrected chi connectivity index (χ2v) is 6.20. The van der Waals surface area contributed by atoms with Crippen molar-refractivity contribution in [1.82, 2.24) is 24.6 Å². The molecule has 7 heteroatoms. The average Bonchev–Trinajstić information content (AvgIpc) is 3.36. The molecule has 1 aliphatic rings. The highest BCUT2D eigenvalue weighted by Crippen LogP contribution is 2.30. The van der Waals surface area contributed by atoms with Crippen LogP contribution in [0.2, 0.25) is 0 Å². The van der Waals surface area contributed by atoms with Gasteiger partial charge < -0.3 is 9.88 Å². The summed E-state index contributed by atoms with van der Waals surface area (Å²) in [6, 6.07) is 6.38. The van der Waals surface area contributed by atoms with E-state index in [1.807, 2.05) is 10.8 Å². The van der Waals surface area contributed by atoms with E-state index in [1.54, 1.807) is 43.1 Å². The van der Waals surface area contributed by atoms with Gasteiger partial charge in [0.25, 0.3) is 5.91 Å². The van der Waals surface area contributed by atoms with Gasteiger partial charge in [0.2, 0.25) is 0 Å². The van der Waals surface area contributed by atoms with Gasteiger partial charge in [-0.25, -0.2) is 14.1 Å². The SMILES string of the molecule is O=C(N[C@H]1CCC[C@H]1n1ccnc1)c1ccc(-n2cccn2)c(F)c1. The molecule has 1 amide bonds. The number of carbonyl (C=O) groups is 1. The molecular weight excluding hydrogens is 321 g/mol. The van der Waals surface area contributed by atoms with E-state index in [-0.39, 0.29) is 18.0 Å². The highest BCUT2D eigenvalue weighted by Gasteiger charge is 2.30. The van der Waals surface area contributed by atoms with Crippen molar-refractivity contribution in [2.45, 2.75) is 31.3 Å². The third-order valence-electron chi connectivity index (χ3n) is 4.66. The van der Waals surface area contributed by atoms with E-state index in [2.05, 4.69) is 15.4 Å². The standard InChI is InChI=1S/C18H18FN5O/c19-14-11-13(5-6-16(14)24-9-2-7-21-24)18(25)22-15-3-1-4-17(15)23-10-8-20-12-23/h2,5-12,15,17H,1,3-4H2,(H,22,25)/t15-,17+/m0/s1. The Morgan fingerprint density at radius 3 is 2.88 bits per heavy atom. The average molecular weight is 339 g/mol. The Balaban J connectivity index is 1.50. The highest BCUT2D eigenvalue weighted by atomic mass is 19.1. The van der Waals surface area contributed by atoms with Crippen LogP contribution in [0.4, 0.5) is 4.39 Å². The van der Waals surface area contributed by atoms with Crippen LogP contribution in [0.1, 0.15) is 35.7 Å². The normalized spacial score (nSPS) is 19.9. The van der Waals surface area contributed by atoms with E-state index in [0.717, 1.165) is 19.3 Å². The molecule has 3 aromatic rings. The number of amides is 1. The number of hydrogen-bond acceptors (Lipinski definition) is 3. The van der Waals surface area contributed by atoms with Gasteiger partial charge in [0.1, 0.15) is 11.5 Å². The van der Waals surface area contributed by atoms with Crippen molar-refractivity contribution in [1.29, 1.82) is 0 Å². The monoisotopic (exact) mass is 339 g/mol. The van der Waals surface area contributed by atoms with E-state index < -0.39 is 5.82 Å². The summed E-state index contributed by atoms with van der Waals surface area (Å²) >= 11 is 0. The van der Waals surface area contributed by atoms with Crippen LogP contribution in [0.3, 0.4) is 0 Å². The molecule has 0 spiro atoms. The first-order valence-electron chi connectivity index (χ1n) is 8.30. The van der Waals surface area contributed by atoms with Gasteiger partial charge in [-0.05, 0) is 43.5 Å². The molecule has 0 bridgehead atoms. The summed E-state index contributed by atoms with van der Waals surface area (Å²) in [5.74, 6) is -0.739. The van der Waals surface area contributed by atoms with Gasteiger partial charge >= 0.3 is 0 Å². The molecule has 2 heterocycles. The van der Waals surface area contributed by atoms with Gasteiger partial charge in [-0.15, -0.1) is 0 Å². The molecule has 2 aromatic heterocycles. The fourth-order valence-electron chi connectivity index (χ4n) is 3.43. The molecule has 1 aliphatic carbocycles. The molecule has 25 heavy (non-hydrogen) atoms. The predicted molar refractivity (Wildman–Crippen MR) is 89.9 cm³/mol. The second-order valence-electron chi connectivity index (χ2n) is 6.20. The maximum absolute atomic E-state index is 14.3. The van der Waals surface area contributed by atoms with Crippen LogP contribution in [0.25, 0.3) is 5.69 Å². The molecule has 1 N–H and O–H groups in total. The van der Waals surface area contributed by atoms with Crippen molar-refractivity contribution < 1.29 is 9.18 Å². The summed E-state index contributed by atoms with van der Waals surface area (Å²) in [7, 11) is 0. The number of nitrogens with zero attached hydrogens (tertiary/aromatic N) is 4. The largest absolute Gasteiger partial charge is 0.347 e. The minimum atomic E-state index is -0.478. The molecule has 128 valence electrons. The topological polar surface area (TPSA) is 64.7 Å².